The van der Waals surface area contributed by atoms with Gasteiger partial charge in [-0.25, -0.2) is 0 Å². The molecule has 1 heterocycles. The number of hydrogen-bond acceptors (Lipinski definition) is 4. The first-order chi connectivity index (χ1) is 9.87. The van der Waals surface area contributed by atoms with E-state index in [0.717, 1.165) is 0 Å². The molecule has 2 rings (SSSR count). The number of carbonyl (C=O) groups is 2. The zero-order valence-corrected chi connectivity index (χ0v) is 12.5. The van der Waals surface area contributed by atoms with Gasteiger partial charge in [-0.2, -0.15) is 0 Å². The third-order valence-electron chi connectivity index (χ3n) is 3.63. The van der Waals surface area contributed by atoms with Crippen LogP contribution in [0.4, 0.5) is 0 Å². The van der Waals surface area contributed by atoms with Crippen LogP contribution in [0.2, 0.25) is 5.02 Å². The molecule has 0 radical (unpaired) electrons. The summed E-state index contributed by atoms with van der Waals surface area (Å²) in [6.45, 7) is 3.44. The molecule has 0 saturated carbocycles. The van der Waals surface area contributed by atoms with Gasteiger partial charge in [0.25, 0.3) is 5.91 Å². The van der Waals surface area contributed by atoms with Crippen molar-refractivity contribution in [2.75, 3.05) is 13.3 Å². The molecule has 0 fully saturated rings. The molecule has 0 spiro atoms. The molecule has 0 aromatic heterocycles. The summed E-state index contributed by atoms with van der Waals surface area (Å²) in [4.78, 5) is 23.3. The molecule has 6 nitrogen and oxygen atoms in total. The molecule has 1 amide bonds. The summed E-state index contributed by atoms with van der Waals surface area (Å²) < 4.78 is 10.4. The maximum absolute atomic E-state index is 12.1. The van der Waals surface area contributed by atoms with Crippen molar-refractivity contribution in [2.45, 2.75) is 20.3 Å². The second kappa shape index (κ2) is 5.81. The van der Waals surface area contributed by atoms with Crippen molar-refractivity contribution in [3.05, 3.63) is 22.7 Å². The van der Waals surface area contributed by atoms with Crippen LogP contribution < -0.4 is 14.8 Å². The number of carboxylic acids is 1. The number of halogens is 1. The van der Waals surface area contributed by atoms with Crippen molar-refractivity contribution in [3.63, 3.8) is 0 Å². The van der Waals surface area contributed by atoms with Crippen LogP contribution in [0.3, 0.4) is 0 Å². The van der Waals surface area contributed by atoms with Crippen LogP contribution in [0, 0.1) is 5.41 Å². The summed E-state index contributed by atoms with van der Waals surface area (Å²) in [5.41, 5.74) is -0.705. The van der Waals surface area contributed by atoms with E-state index < -0.39 is 17.3 Å². The Labute approximate surface area is 127 Å². The van der Waals surface area contributed by atoms with Gasteiger partial charge < -0.3 is 19.9 Å². The first-order valence-electron chi connectivity index (χ1n) is 6.48. The zero-order valence-electron chi connectivity index (χ0n) is 11.7. The highest BCUT2D eigenvalue weighted by molar-refractivity contribution is 6.32. The lowest BCUT2D eigenvalue weighted by molar-refractivity contribution is -0.147. The fraction of sp³-hybridized carbons (Fsp3) is 0.429. The molecule has 1 aromatic carbocycles. The van der Waals surface area contributed by atoms with Gasteiger partial charge in [-0.1, -0.05) is 18.5 Å². The fourth-order valence-corrected chi connectivity index (χ4v) is 2.09. The SMILES string of the molecule is CCC(C)(CNC(=O)c1cc(Cl)c2c(c1)OCO2)C(=O)O. The van der Waals surface area contributed by atoms with E-state index in [4.69, 9.17) is 21.1 Å². The molecule has 1 aliphatic heterocycles. The molecule has 1 aliphatic rings. The summed E-state index contributed by atoms with van der Waals surface area (Å²) >= 11 is 6.01. The van der Waals surface area contributed by atoms with Gasteiger partial charge >= 0.3 is 5.97 Å². The number of fused-ring (bicyclic) bond motifs is 1. The van der Waals surface area contributed by atoms with Crippen molar-refractivity contribution in [1.29, 1.82) is 0 Å². The van der Waals surface area contributed by atoms with Crippen LogP contribution in [0.15, 0.2) is 12.1 Å². The maximum atomic E-state index is 12.1. The molecular formula is C14H16ClNO5. The Morgan fingerprint density at radius 1 is 1.43 bits per heavy atom. The predicted octanol–water partition coefficient (Wildman–Crippen LogP) is 2.30. The second-order valence-electron chi connectivity index (χ2n) is 5.09. The highest BCUT2D eigenvalue weighted by atomic mass is 35.5. The number of carbonyl (C=O) groups excluding carboxylic acids is 1. The van der Waals surface area contributed by atoms with E-state index >= 15 is 0 Å². The lowest BCUT2D eigenvalue weighted by Gasteiger charge is -2.23. The largest absolute Gasteiger partial charge is 0.481 e. The molecule has 1 atom stereocenters. The molecule has 0 aliphatic carbocycles. The van der Waals surface area contributed by atoms with Crippen molar-refractivity contribution < 1.29 is 24.2 Å². The number of nitrogens with one attached hydrogen (secondary N) is 1. The minimum Gasteiger partial charge on any atom is -0.481 e. The van der Waals surface area contributed by atoms with Gasteiger partial charge in [0.05, 0.1) is 10.4 Å². The van der Waals surface area contributed by atoms with E-state index in [1.54, 1.807) is 13.8 Å². The molecule has 1 aromatic rings. The summed E-state index contributed by atoms with van der Waals surface area (Å²) in [6, 6.07) is 2.99. The number of carboxylic acid groups (broad SMARTS) is 1. The standard InChI is InChI=1S/C14H16ClNO5/c1-3-14(2,13(18)19)6-16-12(17)8-4-9(15)11-10(5-8)20-7-21-11/h4-5H,3,6-7H2,1-2H3,(H,16,17)(H,18,19). The Morgan fingerprint density at radius 3 is 2.76 bits per heavy atom. The van der Waals surface area contributed by atoms with E-state index in [1.165, 1.54) is 12.1 Å². The molecular weight excluding hydrogens is 298 g/mol. The van der Waals surface area contributed by atoms with Crippen LogP contribution in [0.5, 0.6) is 11.5 Å². The molecule has 0 bridgehead atoms. The van der Waals surface area contributed by atoms with Crippen LogP contribution in [-0.4, -0.2) is 30.3 Å². The van der Waals surface area contributed by atoms with E-state index in [9.17, 15) is 14.7 Å². The second-order valence-corrected chi connectivity index (χ2v) is 5.50. The van der Waals surface area contributed by atoms with Gasteiger partial charge in [0.1, 0.15) is 0 Å². The maximum Gasteiger partial charge on any atom is 0.311 e. The Kier molecular flexibility index (Phi) is 4.27. The van der Waals surface area contributed by atoms with E-state index in [0.29, 0.717) is 23.5 Å². The average molecular weight is 314 g/mol. The third-order valence-corrected chi connectivity index (χ3v) is 3.91. The number of hydrogen-bond donors (Lipinski definition) is 2. The average Bonchev–Trinajstić information content (AvgIpc) is 2.93. The molecule has 114 valence electrons. The molecule has 21 heavy (non-hydrogen) atoms. The van der Waals surface area contributed by atoms with Crippen LogP contribution in [-0.2, 0) is 4.79 Å². The summed E-state index contributed by atoms with van der Waals surface area (Å²) in [7, 11) is 0. The lowest BCUT2D eigenvalue weighted by Crippen LogP contribution is -2.40. The number of benzene rings is 1. The monoisotopic (exact) mass is 313 g/mol. The van der Waals surface area contributed by atoms with Crippen LogP contribution >= 0.6 is 11.6 Å². The van der Waals surface area contributed by atoms with Crippen molar-refractivity contribution in [3.8, 4) is 11.5 Å². The first-order valence-corrected chi connectivity index (χ1v) is 6.86. The molecule has 1 unspecified atom stereocenters. The smallest absolute Gasteiger partial charge is 0.311 e. The lowest BCUT2D eigenvalue weighted by atomic mass is 9.87. The first kappa shape index (κ1) is 15.4. The Morgan fingerprint density at radius 2 is 2.14 bits per heavy atom. The zero-order chi connectivity index (χ0) is 15.6. The highest BCUT2D eigenvalue weighted by Crippen LogP contribution is 2.39. The normalized spacial score (nSPS) is 15.4. The van der Waals surface area contributed by atoms with Crippen molar-refractivity contribution in [1.82, 2.24) is 5.32 Å². The minimum atomic E-state index is -1.00. The van der Waals surface area contributed by atoms with E-state index in [1.807, 2.05) is 0 Å². The van der Waals surface area contributed by atoms with Gasteiger partial charge in [-0.05, 0) is 25.5 Å². The number of rotatable bonds is 5. The van der Waals surface area contributed by atoms with Crippen LogP contribution in [0.1, 0.15) is 30.6 Å². The number of ether oxygens (including phenoxy) is 2. The third kappa shape index (κ3) is 3.05. The Bertz CT molecular complexity index is 589. The number of aliphatic carboxylic acids is 1. The van der Waals surface area contributed by atoms with E-state index in [2.05, 4.69) is 5.32 Å². The predicted molar refractivity (Wildman–Crippen MR) is 75.9 cm³/mol. The molecule has 0 saturated heterocycles. The van der Waals surface area contributed by atoms with Gasteiger partial charge in [-0.3, -0.25) is 9.59 Å². The highest BCUT2D eigenvalue weighted by Gasteiger charge is 2.31. The Hall–Kier alpha value is -1.95. The topological polar surface area (TPSA) is 84.9 Å². The van der Waals surface area contributed by atoms with Gasteiger partial charge in [0.2, 0.25) is 6.79 Å². The van der Waals surface area contributed by atoms with E-state index in [-0.39, 0.29) is 18.4 Å². The van der Waals surface area contributed by atoms with Crippen LogP contribution in [0.25, 0.3) is 0 Å². The molecule has 7 heteroatoms. The molecule has 2 N–H and O–H groups in total. The summed E-state index contributed by atoms with van der Waals surface area (Å²) in [6.07, 6.45) is 0.407. The van der Waals surface area contributed by atoms with Gasteiger partial charge in [0, 0.05) is 12.1 Å². The van der Waals surface area contributed by atoms with Crippen molar-refractivity contribution in [2.24, 2.45) is 5.41 Å². The minimum absolute atomic E-state index is 0.0315. The summed E-state index contributed by atoms with van der Waals surface area (Å²) in [5.74, 6) is -0.536. The Balaban J connectivity index is 2.11. The fourth-order valence-electron chi connectivity index (χ4n) is 1.83. The summed E-state index contributed by atoms with van der Waals surface area (Å²) in [5, 5.41) is 12.1. The number of amides is 1. The quantitative estimate of drug-likeness (QED) is 0.871. The van der Waals surface area contributed by atoms with Gasteiger partial charge in [0.15, 0.2) is 11.5 Å². The van der Waals surface area contributed by atoms with Crippen molar-refractivity contribution >= 4 is 23.5 Å². The van der Waals surface area contributed by atoms with Gasteiger partial charge in [-0.15, -0.1) is 0 Å².